The van der Waals surface area contributed by atoms with E-state index in [1.165, 1.54) is 32.5 Å². The molecule has 1 atom stereocenters. The van der Waals surface area contributed by atoms with E-state index in [1.54, 1.807) is 0 Å². The van der Waals surface area contributed by atoms with Gasteiger partial charge in [0, 0.05) is 29.9 Å². The SMILES string of the molecule is Cc1cc(N(C)C)ccc1NC1CCc2c(Br)cccc21. The highest BCUT2D eigenvalue weighted by molar-refractivity contribution is 9.10. The van der Waals surface area contributed by atoms with E-state index in [-0.39, 0.29) is 0 Å². The van der Waals surface area contributed by atoms with E-state index < -0.39 is 0 Å². The maximum absolute atomic E-state index is 3.72. The summed E-state index contributed by atoms with van der Waals surface area (Å²) in [7, 11) is 4.15. The van der Waals surface area contributed by atoms with Crippen molar-refractivity contribution in [2.75, 3.05) is 24.3 Å². The summed E-state index contributed by atoms with van der Waals surface area (Å²) in [5, 5.41) is 3.72. The molecule has 2 nitrogen and oxygen atoms in total. The van der Waals surface area contributed by atoms with Crippen molar-refractivity contribution in [2.24, 2.45) is 0 Å². The van der Waals surface area contributed by atoms with Gasteiger partial charge in [-0.1, -0.05) is 28.1 Å². The highest BCUT2D eigenvalue weighted by Crippen LogP contribution is 2.38. The lowest BCUT2D eigenvalue weighted by atomic mass is 10.1. The lowest BCUT2D eigenvalue weighted by molar-refractivity contribution is 0.761. The van der Waals surface area contributed by atoms with Crippen LogP contribution in [0.5, 0.6) is 0 Å². The molecule has 0 spiro atoms. The van der Waals surface area contributed by atoms with E-state index >= 15 is 0 Å². The van der Waals surface area contributed by atoms with Crippen molar-refractivity contribution in [2.45, 2.75) is 25.8 Å². The Hall–Kier alpha value is -1.48. The smallest absolute Gasteiger partial charge is 0.0520 e. The van der Waals surface area contributed by atoms with E-state index in [9.17, 15) is 0 Å². The molecular formula is C18H21BrN2. The number of rotatable bonds is 3. The summed E-state index contributed by atoms with van der Waals surface area (Å²) in [6, 6.07) is 13.5. The molecule has 1 unspecified atom stereocenters. The molecule has 0 heterocycles. The molecule has 0 amide bonds. The van der Waals surface area contributed by atoms with Crippen molar-refractivity contribution >= 4 is 27.3 Å². The fourth-order valence-corrected chi connectivity index (χ4v) is 3.62. The predicted molar refractivity (Wildman–Crippen MR) is 94.3 cm³/mol. The monoisotopic (exact) mass is 344 g/mol. The zero-order valence-corrected chi connectivity index (χ0v) is 14.4. The van der Waals surface area contributed by atoms with Gasteiger partial charge >= 0.3 is 0 Å². The van der Waals surface area contributed by atoms with E-state index in [2.05, 4.69) is 83.6 Å². The van der Waals surface area contributed by atoms with Crippen LogP contribution >= 0.6 is 15.9 Å². The Morgan fingerprint density at radius 2 is 2.00 bits per heavy atom. The number of hydrogen-bond acceptors (Lipinski definition) is 2. The first-order valence-electron chi connectivity index (χ1n) is 7.38. The van der Waals surface area contributed by atoms with Crippen LogP contribution in [-0.2, 0) is 6.42 Å². The second-order valence-electron chi connectivity index (χ2n) is 5.94. The van der Waals surface area contributed by atoms with Crippen LogP contribution in [0.25, 0.3) is 0 Å². The summed E-state index contributed by atoms with van der Waals surface area (Å²) < 4.78 is 1.24. The summed E-state index contributed by atoms with van der Waals surface area (Å²) in [5.41, 5.74) is 6.66. The number of nitrogens with one attached hydrogen (secondary N) is 1. The summed E-state index contributed by atoms with van der Waals surface area (Å²) >= 11 is 3.67. The van der Waals surface area contributed by atoms with Crippen molar-refractivity contribution in [3.05, 3.63) is 57.6 Å². The Balaban J connectivity index is 1.85. The van der Waals surface area contributed by atoms with Gasteiger partial charge in [-0.25, -0.2) is 0 Å². The third kappa shape index (κ3) is 2.80. The van der Waals surface area contributed by atoms with Crippen molar-refractivity contribution in [1.29, 1.82) is 0 Å². The third-order valence-corrected chi connectivity index (χ3v) is 5.01. The molecule has 0 radical (unpaired) electrons. The zero-order valence-electron chi connectivity index (χ0n) is 12.8. The van der Waals surface area contributed by atoms with Gasteiger partial charge in [-0.2, -0.15) is 0 Å². The van der Waals surface area contributed by atoms with E-state index in [4.69, 9.17) is 0 Å². The summed E-state index contributed by atoms with van der Waals surface area (Å²) in [5.74, 6) is 0. The zero-order chi connectivity index (χ0) is 15.0. The number of fused-ring (bicyclic) bond motifs is 1. The van der Waals surface area contributed by atoms with Crippen molar-refractivity contribution < 1.29 is 0 Å². The molecule has 0 saturated carbocycles. The number of aryl methyl sites for hydroxylation is 1. The average molecular weight is 345 g/mol. The minimum Gasteiger partial charge on any atom is -0.378 e. The lowest BCUT2D eigenvalue weighted by Crippen LogP contribution is -2.11. The number of hydrogen-bond donors (Lipinski definition) is 1. The maximum Gasteiger partial charge on any atom is 0.0520 e. The molecule has 0 saturated heterocycles. The second kappa shape index (κ2) is 5.72. The van der Waals surface area contributed by atoms with Crippen molar-refractivity contribution in [3.63, 3.8) is 0 Å². The molecule has 0 aromatic heterocycles. The van der Waals surface area contributed by atoms with Gasteiger partial charge < -0.3 is 10.2 Å². The summed E-state index contributed by atoms with van der Waals surface area (Å²) in [6.45, 7) is 2.17. The van der Waals surface area contributed by atoms with Gasteiger partial charge in [0.25, 0.3) is 0 Å². The molecule has 3 rings (SSSR count). The first kappa shape index (κ1) is 14.5. The molecule has 2 aromatic carbocycles. The van der Waals surface area contributed by atoms with E-state index in [0.717, 1.165) is 12.8 Å². The molecule has 1 aliphatic carbocycles. The normalized spacial score (nSPS) is 16.7. The van der Waals surface area contributed by atoms with Gasteiger partial charge in [-0.3, -0.25) is 0 Å². The standard InChI is InChI=1S/C18H21BrN2/c1-12-11-13(21(2)3)7-9-17(12)20-18-10-8-14-15(18)5-4-6-16(14)19/h4-7,9,11,18,20H,8,10H2,1-3H3. The Morgan fingerprint density at radius 1 is 1.19 bits per heavy atom. The molecule has 2 aromatic rings. The van der Waals surface area contributed by atoms with Crippen molar-refractivity contribution in [1.82, 2.24) is 0 Å². The van der Waals surface area contributed by atoms with Gasteiger partial charge in [-0.15, -0.1) is 0 Å². The molecule has 1 aliphatic rings. The Kier molecular flexibility index (Phi) is 3.94. The molecule has 0 aliphatic heterocycles. The molecule has 1 N–H and O–H groups in total. The molecule has 0 fully saturated rings. The average Bonchev–Trinajstić information content (AvgIpc) is 2.85. The molecule has 3 heteroatoms. The fourth-order valence-electron chi connectivity index (χ4n) is 3.04. The van der Waals surface area contributed by atoms with Crippen LogP contribution in [0.15, 0.2) is 40.9 Å². The first-order valence-corrected chi connectivity index (χ1v) is 8.17. The highest BCUT2D eigenvalue weighted by Gasteiger charge is 2.24. The van der Waals surface area contributed by atoms with Gasteiger partial charge in [0.2, 0.25) is 0 Å². The van der Waals surface area contributed by atoms with Crippen LogP contribution in [0.4, 0.5) is 11.4 Å². The second-order valence-corrected chi connectivity index (χ2v) is 6.79. The van der Waals surface area contributed by atoms with Crippen LogP contribution in [0.2, 0.25) is 0 Å². The number of halogens is 1. The Labute approximate surface area is 135 Å². The van der Waals surface area contributed by atoms with Crippen LogP contribution in [0.1, 0.15) is 29.2 Å². The Morgan fingerprint density at radius 3 is 2.71 bits per heavy atom. The maximum atomic E-state index is 3.72. The minimum atomic E-state index is 0.418. The predicted octanol–water partition coefficient (Wildman–Crippen LogP) is 4.92. The number of nitrogens with zero attached hydrogens (tertiary/aromatic N) is 1. The first-order chi connectivity index (χ1) is 10.1. The van der Waals surface area contributed by atoms with Gasteiger partial charge in [0.1, 0.15) is 0 Å². The number of anilines is 2. The van der Waals surface area contributed by atoms with Crippen LogP contribution in [-0.4, -0.2) is 14.1 Å². The van der Waals surface area contributed by atoms with Gasteiger partial charge in [0.15, 0.2) is 0 Å². The van der Waals surface area contributed by atoms with Crippen LogP contribution < -0.4 is 10.2 Å². The number of benzene rings is 2. The molecule has 0 bridgehead atoms. The lowest BCUT2D eigenvalue weighted by Gasteiger charge is -2.20. The van der Waals surface area contributed by atoms with Gasteiger partial charge in [0.05, 0.1) is 6.04 Å². The quantitative estimate of drug-likeness (QED) is 0.849. The van der Waals surface area contributed by atoms with E-state index in [1.807, 2.05) is 0 Å². The van der Waals surface area contributed by atoms with E-state index in [0.29, 0.717) is 6.04 Å². The highest BCUT2D eigenvalue weighted by atomic mass is 79.9. The van der Waals surface area contributed by atoms with Gasteiger partial charge in [-0.05, 0) is 60.7 Å². The van der Waals surface area contributed by atoms with Crippen molar-refractivity contribution in [3.8, 4) is 0 Å². The fraction of sp³-hybridized carbons (Fsp3) is 0.333. The third-order valence-electron chi connectivity index (χ3n) is 4.27. The molecular weight excluding hydrogens is 324 g/mol. The summed E-state index contributed by atoms with van der Waals surface area (Å²) in [6.07, 6.45) is 2.30. The minimum absolute atomic E-state index is 0.418. The van der Waals surface area contributed by atoms with Crippen LogP contribution in [0.3, 0.4) is 0 Å². The Bertz CT molecular complexity index is 664. The molecule has 110 valence electrons. The van der Waals surface area contributed by atoms with Crippen LogP contribution in [0, 0.1) is 6.92 Å². The topological polar surface area (TPSA) is 15.3 Å². The molecule has 21 heavy (non-hydrogen) atoms. The largest absolute Gasteiger partial charge is 0.378 e. The summed E-state index contributed by atoms with van der Waals surface area (Å²) in [4.78, 5) is 2.14.